The lowest BCUT2D eigenvalue weighted by molar-refractivity contribution is -0.192. The normalized spacial score (nSPS) is 11.0. The molecule has 0 radical (unpaired) electrons. The van der Waals surface area contributed by atoms with E-state index in [1.54, 1.807) is 71.4 Å². The van der Waals surface area contributed by atoms with Crippen LogP contribution in [0.2, 0.25) is 0 Å². The van der Waals surface area contributed by atoms with Crippen molar-refractivity contribution in [3.8, 4) is 12.1 Å². The third kappa shape index (κ3) is 8.08. The van der Waals surface area contributed by atoms with Crippen LogP contribution in [-0.2, 0) is 18.9 Å². The molecule has 0 aliphatic rings. The maximum atomic E-state index is 13.5. The summed E-state index contributed by atoms with van der Waals surface area (Å²) in [5, 5.41) is 24.4. The molecule has 10 nitrogen and oxygen atoms in total. The van der Waals surface area contributed by atoms with Crippen LogP contribution in [0.25, 0.3) is 0 Å². The molecule has 0 bridgehead atoms. The summed E-state index contributed by atoms with van der Waals surface area (Å²) in [5.74, 6) is -3.40. The molecule has 0 saturated heterocycles. The standard InChI is InChI=1S/C12H11FN4.C12H9N3O.C2HF3O2/c1-17-7-16-6-11(17)12(15)8-2-3-9(5-14)10(13)4-8;1-15-8-14-7-11(15)12(16)10-4-2-9(6-13)3-5-10;3-2(4,5)1(6)7/h2-4,6-7,12H,15H2,1H3;2-5,7-8H,1H3;(H,6,7). The van der Waals surface area contributed by atoms with Crippen molar-refractivity contribution in [2.45, 2.75) is 12.2 Å². The Morgan fingerprint density at radius 3 is 1.98 bits per heavy atom. The highest BCUT2D eigenvalue weighted by Gasteiger charge is 2.38. The second kappa shape index (κ2) is 13.5. The van der Waals surface area contributed by atoms with E-state index in [2.05, 4.69) is 9.97 Å². The van der Waals surface area contributed by atoms with E-state index in [4.69, 9.17) is 26.2 Å². The van der Waals surface area contributed by atoms with Gasteiger partial charge in [-0.1, -0.05) is 6.07 Å². The largest absolute Gasteiger partial charge is 0.490 e. The summed E-state index contributed by atoms with van der Waals surface area (Å²) in [6.07, 6.45) is 1.30. The molecular formula is C26H21F4N7O3. The fraction of sp³-hybridized carbons (Fsp3) is 0.154. The van der Waals surface area contributed by atoms with E-state index in [1.807, 2.05) is 13.1 Å². The number of aliphatic carboxylic acids is 1. The van der Waals surface area contributed by atoms with Crippen LogP contribution >= 0.6 is 0 Å². The molecule has 0 fully saturated rings. The van der Waals surface area contributed by atoms with E-state index < -0.39 is 24.0 Å². The zero-order valence-electron chi connectivity index (χ0n) is 21.0. The number of aryl methyl sites for hydroxylation is 2. The average Bonchev–Trinajstić information content (AvgIpc) is 3.55. The van der Waals surface area contributed by atoms with Gasteiger partial charge in [0, 0.05) is 19.7 Å². The molecule has 0 spiro atoms. The van der Waals surface area contributed by atoms with Gasteiger partial charge in [0.2, 0.25) is 5.78 Å². The van der Waals surface area contributed by atoms with Gasteiger partial charge in [0.05, 0.1) is 54.0 Å². The fourth-order valence-electron chi connectivity index (χ4n) is 3.07. The van der Waals surface area contributed by atoms with Crippen molar-refractivity contribution in [2.75, 3.05) is 0 Å². The Kier molecular flexibility index (Phi) is 10.4. The number of nitriles is 2. The van der Waals surface area contributed by atoms with Gasteiger partial charge in [-0.05, 0) is 42.0 Å². The SMILES string of the molecule is Cn1cncc1C(=O)c1ccc(C#N)cc1.Cn1cncc1C(N)c1ccc(C#N)c(F)c1.O=C(O)C(F)(F)F. The van der Waals surface area contributed by atoms with Crippen LogP contribution in [0.1, 0.15) is 44.5 Å². The molecule has 0 saturated carbocycles. The lowest BCUT2D eigenvalue weighted by Crippen LogP contribution is -2.21. The summed E-state index contributed by atoms with van der Waals surface area (Å²) in [5.41, 5.74) is 9.07. The molecule has 40 heavy (non-hydrogen) atoms. The van der Waals surface area contributed by atoms with E-state index in [0.717, 1.165) is 5.69 Å². The van der Waals surface area contributed by atoms with Crippen LogP contribution in [0.15, 0.2) is 67.5 Å². The molecule has 206 valence electrons. The Hall–Kier alpha value is -5.34. The minimum atomic E-state index is -5.08. The van der Waals surface area contributed by atoms with Crippen LogP contribution in [-0.4, -0.2) is 42.1 Å². The van der Waals surface area contributed by atoms with Gasteiger partial charge >= 0.3 is 12.1 Å². The summed E-state index contributed by atoms with van der Waals surface area (Å²) < 4.78 is 48.6. The van der Waals surface area contributed by atoms with Gasteiger partial charge in [-0.25, -0.2) is 19.2 Å². The number of carboxylic acid groups (broad SMARTS) is 1. The molecule has 14 heteroatoms. The Bertz CT molecular complexity index is 1560. The number of benzene rings is 2. The number of hydrogen-bond donors (Lipinski definition) is 2. The van der Waals surface area contributed by atoms with Crippen LogP contribution in [0, 0.1) is 28.5 Å². The second-order valence-corrected chi connectivity index (χ2v) is 7.97. The zero-order valence-corrected chi connectivity index (χ0v) is 21.0. The first-order valence-corrected chi connectivity index (χ1v) is 11.0. The molecule has 4 aromatic rings. The number of nitrogens with two attached hydrogens (primary N) is 1. The summed E-state index contributed by atoms with van der Waals surface area (Å²) in [6, 6.07) is 14.3. The number of carboxylic acids is 1. The average molecular weight is 555 g/mol. The first-order valence-electron chi connectivity index (χ1n) is 11.0. The van der Waals surface area contributed by atoms with Gasteiger partial charge in [0.1, 0.15) is 17.6 Å². The monoisotopic (exact) mass is 555 g/mol. The third-order valence-electron chi connectivity index (χ3n) is 5.21. The first kappa shape index (κ1) is 30.9. The maximum Gasteiger partial charge on any atom is 0.490 e. The molecule has 0 aliphatic carbocycles. The predicted molar refractivity (Wildman–Crippen MR) is 132 cm³/mol. The van der Waals surface area contributed by atoms with Crippen LogP contribution in [0.5, 0.6) is 0 Å². The highest BCUT2D eigenvalue weighted by Crippen LogP contribution is 2.21. The van der Waals surface area contributed by atoms with Crippen molar-refractivity contribution >= 4 is 11.8 Å². The minimum Gasteiger partial charge on any atom is -0.475 e. The molecule has 2 aromatic heterocycles. The third-order valence-corrected chi connectivity index (χ3v) is 5.21. The highest BCUT2D eigenvalue weighted by atomic mass is 19.4. The molecule has 4 rings (SSSR count). The number of imidazole rings is 2. The van der Waals surface area contributed by atoms with Gasteiger partial charge in [0.25, 0.3) is 0 Å². The Labute approximate surface area is 225 Å². The minimum absolute atomic E-state index is 0.0194. The molecule has 0 amide bonds. The molecule has 0 aliphatic heterocycles. The Morgan fingerprint density at radius 2 is 1.55 bits per heavy atom. The number of aromatic nitrogens is 4. The lowest BCUT2D eigenvalue weighted by atomic mass is 10.0. The van der Waals surface area contributed by atoms with Crippen LogP contribution in [0.3, 0.4) is 0 Å². The van der Waals surface area contributed by atoms with E-state index in [0.29, 0.717) is 22.4 Å². The molecule has 2 aromatic carbocycles. The maximum absolute atomic E-state index is 13.5. The Balaban J connectivity index is 0.000000229. The zero-order chi connectivity index (χ0) is 30.0. The second-order valence-electron chi connectivity index (χ2n) is 7.97. The molecule has 2 heterocycles. The van der Waals surface area contributed by atoms with Gasteiger partial charge < -0.3 is 20.0 Å². The summed E-state index contributed by atoms with van der Waals surface area (Å²) >= 11 is 0. The van der Waals surface area contributed by atoms with Gasteiger partial charge in [-0.2, -0.15) is 23.7 Å². The van der Waals surface area contributed by atoms with Crippen LogP contribution < -0.4 is 5.73 Å². The number of hydrogen-bond acceptors (Lipinski definition) is 7. The van der Waals surface area contributed by atoms with E-state index in [-0.39, 0.29) is 11.3 Å². The van der Waals surface area contributed by atoms with Crippen molar-refractivity contribution in [3.05, 3.63) is 107 Å². The molecule has 1 atom stereocenters. The predicted octanol–water partition coefficient (Wildman–Crippen LogP) is 3.64. The number of rotatable bonds is 4. The number of nitrogens with zero attached hydrogens (tertiary/aromatic N) is 6. The van der Waals surface area contributed by atoms with E-state index >= 15 is 0 Å². The topological polar surface area (TPSA) is 164 Å². The Morgan fingerprint density at radius 1 is 0.975 bits per heavy atom. The number of carbonyl (C=O) groups is 2. The van der Waals surface area contributed by atoms with Crippen molar-refractivity contribution in [1.29, 1.82) is 10.5 Å². The van der Waals surface area contributed by atoms with Crippen LogP contribution in [0.4, 0.5) is 17.6 Å². The highest BCUT2D eigenvalue weighted by molar-refractivity contribution is 6.07. The van der Waals surface area contributed by atoms with E-state index in [1.165, 1.54) is 18.3 Å². The summed E-state index contributed by atoms with van der Waals surface area (Å²) in [6.45, 7) is 0. The summed E-state index contributed by atoms with van der Waals surface area (Å²) in [7, 11) is 3.59. The fourth-order valence-corrected chi connectivity index (χ4v) is 3.07. The summed E-state index contributed by atoms with van der Waals surface area (Å²) in [4.78, 5) is 28.7. The van der Waals surface area contributed by atoms with Gasteiger partial charge in [-0.15, -0.1) is 0 Å². The first-order chi connectivity index (χ1) is 18.8. The van der Waals surface area contributed by atoms with E-state index in [9.17, 15) is 22.4 Å². The number of ketones is 1. The molecule has 1 unspecified atom stereocenters. The molecule has 3 N–H and O–H groups in total. The van der Waals surface area contributed by atoms with Gasteiger partial charge in [-0.3, -0.25) is 4.79 Å². The van der Waals surface area contributed by atoms with Crippen molar-refractivity contribution in [1.82, 2.24) is 19.1 Å². The van der Waals surface area contributed by atoms with Crippen molar-refractivity contribution in [3.63, 3.8) is 0 Å². The quantitative estimate of drug-likeness (QED) is 0.285. The molecular weight excluding hydrogens is 534 g/mol. The number of alkyl halides is 3. The van der Waals surface area contributed by atoms with Crippen molar-refractivity contribution in [2.24, 2.45) is 19.8 Å². The number of carbonyl (C=O) groups excluding carboxylic acids is 1. The van der Waals surface area contributed by atoms with Gasteiger partial charge in [0.15, 0.2) is 0 Å². The number of halogens is 4. The van der Waals surface area contributed by atoms with Crippen molar-refractivity contribution < 1.29 is 32.3 Å². The smallest absolute Gasteiger partial charge is 0.475 e. The lowest BCUT2D eigenvalue weighted by Gasteiger charge is -2.12.